The first-order valence-electron chi connectivity index (χ1n) is 9.18. The summed E-state index contributed by atoms with van der Waals surface area (Å²) in [5, 5.41) is 0.959. The molecule has 0 aliphatic carbocycles. The second kappa shape index (κ2) is 7.74. The lowest BCUT2D eigenvalue weighted by Crippen LogP contribution is -2.30. The summed E-state index contributed by atoms with van der Waals surface area (Å²) in [5.74, 6) is 0.363. The number of pyridine rings is 1. The Morgan fingerprint density at radius 2 is 1.96 bits per heavy atom. The largest absolute Gasteiger partial charge is 0.360 e. The Bertz CT molecular complexity index is 1110. The van der Waals surface area contributed by atoms with Gasteiger partial charge in [-0.05, 0) is 49.2 Å². The topological polar surface area (TPSA) is 67.1 Å². The Labute approximate surface area is 163 Å². The lowest BCUT2D eigenvalue weighted by Gasteiger charge is -2.11. The molecule has 0 aliphatic heterocycles. The Morgan fingerprint density at radius 1 is 1.14 bits per heavy atom. The highest BCUT2D eigenvalue weighted by atomic mass is 19.1. The minimum absolute atomic E-state index is 0.160. The molecule has 0 bridgehead atoms. The first kappa shape index (κ1) is 18.1. The number of benzene rings is 2. The molecule has 0 spiro atoms. The average Bonchev–Trinajstić information content (AvgIpc) is 3.12. The Hall–Kier alpha value is -3.31. The standard InChI is InChI=1S/C23H21FN4/c1-15(21(25)11-16-5-3-2-4-6-16)28-23-10-7-17(13-27-23)20-14-26-22-12-18(24)8-9-19(20)22/h2-10,12-14,21,26H,11,25H2,1H3. The van der Waals surface area contributed by atoms with E-state index in [9.17, 15) is 4.39 Å². The molecule has 0 amide bonds. The van der Waals surface area contributed by atoms with E-state index >= 15 is 0 Å². The molecule has 0 saturated heterocycles. The van der Waals surface area contributed by atoms with Crippen molar-refractivity contribution in [1.82, 2.24) is 9.97 Å². The van der Waals surface area contributed by atoms with Crippen LogP contribution in [0.25, 0.3) is 22.0 Å². The summed E-state index contributed by atoms with van der Waals surface area (Å²) in [5.41, 5.74) is 11.0. The van der Waals surface area contributed by atoms with Gasteiger partial charge in [-0.3, -0.25) is 0 Å². The summed E-state index contributed by atoms with van der Waals surface area (Å²) < 4.78 is 13.4. The highest BCUT2D eigenvalue weighted by Crippen LogP contribution is 2.29. The molecule has 28 heavy (non-hydrogen) atoms. The second-order valence-electron chi connectivity index (χ2n) is 6.85. The summed E-state index contributed by atoms with van der Waals surface area (Å²) in [6, 6.07) is 18.5. The summed E-state index contributed by atoms with van der Waals surface area (Å²) in [6.45, 7) is 1.93. The fourth-order valence-electron chi connectivity index (χ4n) is 3.23. The third-order valence-electron chi connectivity index (χ3n) is 4.83. The lowest BCUT2D eigenvalue weighted by molar-refractivity contribution is 0.629. The Balaban J connectivity index is 1.53. The van der Waals surface area contributed by atoms with Crippen molar-refractivity contribution in [1.29, 1.82) is 0 Å². The number of hydrogen-bond acceptors (Lipinski definition) is 3. The first-order valence-corrected chi connectivity index (χ1v) is 9.18. The van der Waals surface area contributed by atoms with Gasteiger partial charge in [0.2, 0.25) is 0 Å². The number of aromatic amines is 1. The van der Waals surface area contributed by atoms with Crippen LogP contribution < -0.4 is 5.73 Å². The SMILES string of the molecule is CC(=Nc1ccc(-c2c[nH]c3cc(F)ccc23)cn1)C(N)Cc1ccccc1. The van der Waals surface area contributed by atoms with Crippen LogP contribution in [0.1, 0.15) is 12.5 Å². The number of aromatic nitrogens is 2. The maximum Gasteiger partial charge on any atom is 0.151 e. The molecule has 0 aliphatic rings. The summed E-state index contributed by atoms with van der Waals surface area (Å²) in [6.07, 6.45) is 4.38. The third kappa shape index (κ3) is 3.85. The smallest absolute Gasteiger partial charge is 0.151 e. The molecule has 4 nitrogen and oxygen atoms in total. The molecule has 2 aromatic carbocycles. The fourth-order valence-corrected chi connectivity index (χ4v) is 3.23. The van der Waals surface area contributed by atoms with Gasteiger partial charge in [-0.2, -0.15) is 0 Å². The van der Waals surface area contributed by atoms with Gasteiger partial charge in [-0.1, -0.05) is 30.3 Å². The van der Waals surface area contributed by atoms with Crippen molar-refractivity contribution >= 4 is 22.4 Å². The molecule has 4 aromatic rings. The van der Waals surface area contributed by atoms with E-state index in [4.69, 9.17) is 5.73 Å². The minimum Gasteiger partial charge on any atom is -0.360 e. The predicted molar refractivity (Wildman–Crippen MR) is 112 cm³/mol. The van der Waals surface area contributed by atoms with E-state index in [0.717, 1.165) is 34.2 Å². The highest BCUT2D eigenvalue weighted by molar-refractivity contribution is 5.95. The van der Waals surface area contributed by atoms with Crippen molar-refractivity contribution in [2.24, 2.45) is 10.7 Å². The van der Waals surface area contributed by atoms with Crippen LogP contribution in [0.3, 0.4) is 0 Å². The summed E-state index contributed by atoms with van der Waals surface area (Å²) in [7, 11) is 0. The Morgan fingerprint density at radius 3 is 2.71 bits per heavy atom. The molecule has 3 N–H and O–H groups in total. The van der Waals surface area contributed by atoms with Crippen molar-refractivity contribution in [3.63, 3.8) is 0 Å². The van der Waals surface area contributed by atoms with Gasteiger partial charge >= 0.3 is 0 Å². The number of nitrogens with one attached hydrogen (secondary N) is 1. The van der Waals surface area contributed by atoms with Crippen LogP contribution >= 0.6 is 0 Å². The number of nitrogens with zero attached hydrogens (tertiary/aromatic N) is 2. The number of halogens is 1. The molecule has 2 heterocycles. The lowest BCUT2D eigenvalue weighted by atomic mass is 10.0. The number of aliphatic imine (C=N–C) groups is 1. The number of fused-ring (bicyclic) bond motifs is 1. The van der Waals surface area contributed by atoms with Crippen molar-refractivity contribution in [2.45, 2.75) is 19.4 Å². The molecular formula is C23H21FN4. The number of nitrogens with two attached hydrogens (primary N) is 1. The normalized spacial score (nSPS) is 13.0. The molecule has 0 saturated carbocycles. The van der Waals surface area contributed by atoms with E-state index in [0.29, 0.717) is 5.82 Å². The summed E-state index contributed by atoms with van der Waals surface area (Å²) >= 11 is 0. The van der Waals surface area contributed by atoms with Crippen LogP contribution in [0.2, 0.25) is 0 Å². The number of H-pyrrole nitrogens is 1. The van der Waals surface area contributed by atoms with Gasteiger partial charge < -0.3 is 10.7 Å². The maximum absolute atomic E-state index is 13.4. The average molecular weight is 372 g/mol. The van der Waals surface area contributed by atoms with E-state index in [1.807, 2.05) is 43.5 Å². The zero-order valence-electron chi connectivity index (χ0n) is 15.6. The van der Waals surface area contributed by atoms with Gasteiger partial charge in [0.05, 0.1) is 0 Å². The van der Waals surface area contributed by atoms with Crippen LogP contribution in [0.5, 0.6) is 0 Å². The van der Waals surface area contributed by atoms with Crippen LogP contribution in [0.15, 0.2) is 78.0 Å². The monoisotopic (exact) mass is 372 g/mol. The molecule has 140 valence electrons. The molecule has 2 aromatic heterocycles. The van der Waals surface area contributed by atoms with Crippen LogP contribution in [-0.2, 0) is 6.42 Å². The maximum atomic E-state index is 13.4. The van der Waals surface area contributed by atoms with Crippen molar-refractivity contribution in [3.05, 3.63) is 84.4 Å². The molecule has 0 fully saturated rings. The molecular weight excluding hydrogens is 351 g/mol. The van der Waals surface area contributed by atoms with E-state index in [-0.39, 0.29) is 11.9 Å². The third-order valence-corrected chi connectivity index (χ3v) is 4.83. The zero-order valence-corrected chi connectivity index (χ0v) is 15.6. The van der Waals surface area contributed by atoms with Gasteiger partial charge in [0.1, 0.15) is 5.82 Å². The van der Waals surface area contributed by atoms with Crippen molar-refractivity contribution < 1.29 is 4.39 Å². The Kier molecular flexibility index (Phi) is 5.00. The van der Waals surface area contributed by atoms with E-state index in [1.54, 1.807) is 12.3 Å². The van der Waals surface area contributed by atoms with Gasteiger partial charge in [-0.25, -0.2) is 14.4 Å². The van der Waals surface area contributed by atoms with Gasteiger partial charge in [0.15, 0.2) is 5.82 Å². The second-order valence-corrected chi connectivity index (χ2v) is 6.85. The minimum atomic E-state index is -0.258. The molecule has 4 rings (SSSR count). The van der Waals surface area contributed by atoms with Gasteiger partial charge in [0, 0.05) is 46.2 Å². The quantitative estimate of drug-likeness (QED) is 0.482. The van der Waals surface area contributed by atoms with E-state index in [2.05, 4.69) is 27.1 Å². The van der Waals surface area contributed by atoms with Gasteiger partial charge in [0.25, 0.3) is 0 Å². The van der Waals surface area contributed by atoms with Crippen LogP contribution in [0, 0.1) is 5.82 Å². The highest BCUT2D eigenvalue weighted by Gasteiger charge is 2.10. The molecule has 0 radical (unpaired) electrons. The van der Waals surface area contributed by atoms with Crippen molar-refractivity contribution in [2.75, 3.05) is 0 Å². The van der Waals surface area contributed by atoms with Crippen LogP contribution in [-0.4, -0.2) is 21.7 Å². The first-order chi connectivity index (χ1) is 13.6. The van der Waals surface area contributed by atoms with Crippen LogP contribution in [0.4, 0.5) is 10.2 Å². The fraction of sp³-hybridized carbons (Fsp3) is 0.130. The van der Waals surface area contributed by atoms with Crippen molar-refractivity contribution in [3.8, 4) is 11.1 Å². The molecule has 1 unspecified atom stereocenters. The molecule has 1 atom stereocenters. The summed E-state index contributed by atoms with van der Waals surface area (Å²) in [4.78, 5) is 12.1. The molecule has 5 heteroatoms. The number of rotatable bonds is 5. The van der Waals surface area contributed by atoms with Gasteiger partial charge in [-0.15, -0.1) is 0 Å². The van der Waals surface area contributed by atoms with E-state index in [1.165, 1.54) is 17.7 Å². The zero-order chi connectivity index (χ0) is 19.5. The number of hydrogen-bond donors (Lipinski definition) is 2. The van der Waals surface area contributed by atoms with E-state index < -0.39 is 0 Å². The predicted octanol–water partition coefficient (Wildman–Crippen LogP) is 5.03.